The fourth-order valence-corrected chi connectivity index (χ4v) is 5.44. The highest BCUT2D eigenvalue weighted by atomic mass is 35.5. The Balaban J connectivity index is 1.34. The van der Waals surface area contributed by atoms with Gasteiger partial charge in [0.15, 0.2) is 0 Å². The molecule has 5 rings (SSSR count). The normalized spacial score (nSPS) is 18.3. The van der Waals surface area contributed by atoms with Gasteiger partial charge >= 0.3 is 6.18 Å². The van der Waals surface area contributed by atoms with Crippen molar-refractivity contribution in [3.05, 3.63) is 63.0 Å². The summed E-state index contributed by atoms with van der Waals surface area (Å²) in [4.78, 5) is 29.0. The lowest BCUT2D eigenvalue weighted by atomic mass is 10.1. The molecular formula is C24H21ClF3N5O2S. The molecule has 3 aromatic rings. The molecule has 0 spiro atoms. The van der Waals surface area contributed by atoms with Gasteiger partial charge in [0.25, 0.3) is 11.1 Å². The van der Waals surface area contributed by atoms with Crippen molar-refractivity contribution < 1.29 is 22.8 Å². The van der Waals surface area contributed by atoms with Crippen LogP contribution in [0.2, 0.25) is 5.02 Å². The van der Waals surface area contributed by atoms with Crippen molar-refractivity contribution in [3.63, 3.8) is 0 Å². The molecule has 2 aliphatic heterocycles. The van der Waals surface area contributed by atoms with Crippen LogP contribution in [0.5, 0.6) is 0 Å². The summed E-state index contributed by atoms with van der Waals surface area (Å²) in [5.74, 6) is -0.324. The number of thioether (sulfide) groups is 1. The topological polar surface area (TPSA) is 71.3 Å². The second kappa shape index (κ2) is 9.87. The summed E-state index contributed by atoms with van der Waals surface area (Å²) < 4.78 is 41.8. The lowest BCUT2D eigenvalue weighted by molar-refractivity contribution is -0.138. The molecule has 0 saturated carbocycles. The second-order valence-corrected chi connectivity index (χ2v) is 10.1. The van der Waals surface area contributed by atoms with E-state index in [2.05, 4.69) is 15.2 Å². The molecule has 0 atom stereocenters. The Bertz CT molecular complexity index is 1370. The van der Waals surface area contributed by atoms with Crippen LogP contribution in [0.1, 0.15) is 29.5 Å². The van der Waals surface area contributed by atoms with Gasteiger partial charge in [-0.05, 0) is 79.2 Å². The van der Waals surface area contributed by atoms with Gasteiger partial charge in [0.1, 0.15) is 5.52 Å². The Morgan fingerprint density at radius 3 is 2.58 bits per heavy atom. The van der Waals surface area contributed by atoms with Crippen LogP contribution in [0.15, 0.2) is 41.3 Å². The number of rotatable bonds is 6. The van der Waals surface area contributed by atoms with Crippen LogP contribution in [0.25, 0.3) is 17.1 Å². The maximum atomic E-state index is 13.5. The summed E-state index contributed by atoms with van der Waals surface area (Å²) in [6.07, 6.45) is -0.655. The molecule has 2 aliphatic rings. The molecule has 3 heterocycles. The molecule has 2 aromatic carbocycles. The number of fused-ring (bicyclic) bond motifs is 1. The molecule has 36 heavy (non-hydrogen) atoms. The quantitative estimate of drug-likeness (QED) is 0.400. The number of imide groups is 1. The predicted octanol–water partition coefficient (Wildman–Crippen LogP) is 5.28. The molecule has 2 amide bonds. The number of alkyl halides is 3. The number of aromatic nitrogens is 3. The first-order valence-corrected chi connectivity index (χ1v) is 12.5. The van der Waals surface area contributed by atoms with Crippen molar-refractivity contribution in [2.45, 2.75) is 25.6 Å². The summed E-state index contributed by atoms with van der Waals surface area (Å²) in [5, 5.41) is 7.81. The Kier molecular flexibility index (Phi) is 6.80. The highest BCUT2D eigenvalue weighted by Gasteiger charge is 2.35. The summed E-state index contributed by atoms with van der Waals surface area (Å²) in [7, 11) is 0. The smallest absolute Gasteiger partial charge is 0.302 e. The van der Waals surface area contributed by atoms with Crippen molar-refractivity contribution in [1.82, 2.24) is 24.8 Å². The third-order valence-electron chi connectivity index (χ3n) is 6.25. The average Bonchev–Trinajstić information content (AvgIpc) is 3.54. The first-order chi connectivity index (χ1) is 17.2. The van der Waals surface area contributed by atoms with E-state index in [4.69, 9.17) is 11.6 Å². The number of carbonyl (C=O) groups is 2. The number of carbonyl (C=O) groups excluding carboxylic acids is 2. The molecule has 0 unspecified atom stereocenters. The fourth-order valence-electron chi connectivity index (χ4n) is 4.40. The van der Waals surface area contributed by atoms with Gasteiger partial charge < -0.3 is 4.90 Å². The first kappa shape index (κ1) is 24.8. The molecule has 0 aliphatic carbocycles. The number of hydrogen-bond acceptors (Lipinski definition) is 6. The zero-order chi connectivity index (χ0) is 25.4. The summed E-state index contributed by atoms with van der Waals surface area (Å²) in [6.45, 7) is 2.87. The van der Waals surface area contributed by atoms with Crippen LogP contribution in [0.4, 0.5) is 18.0 Å². The van der Waals surface area contributed by atoms with Crippen molar-refractivity contribution in [2.75, 3.05) is 26.2 Å². The number of amides is 2. The van der Waals surface area contributed by atoms with E-state index in [0.29, 0.717) is 34.6 Å². The molecule has 188 valence electrons. The van der Waals surface area contributed by atoms with Gasteiger partial charge in [-0.15, -0.1) is 5.10 Å². The minimum atomic E-state index is -4.55. The zero-order valence-corrected chi connectivity index (χ0v) is 20.5. The first-order valence-electron chi connectivity index (χ1n) is 11.4. The summed E-state index contributed by atoms with van der Waals surface area (Å²) in [5.41, 5.74) is 0.830. The minimum Gasteiger partial charge on any atom is -0.302 e. The van der Waals surface area contributed by atoms with Crippen LogP contribution in [0, 0.1) is 0 Å². The zero-order valence-electron chi connectivity index (χ0n) is 19.0. The number of likely N-dealkylation sites (tertiary alicyclic amines) is 1. The van der Waals surface area contributed by atoms with E-state index >= 15 is 0 Å². The van der Waals surface area contributed by atoms with E-state index in [1.165, 1.54) is 21.7 Å². The SMILES string of the molecule is O=C1S/C(=C\c2ccc3c(c2)nnn3Cc2ccc(Cl)cc2C(F)(F)F)C(=O)N1CCN1CCCC1. The van der Waals surface area contributed by atoms with E-state index in [0.717, 1.165) is 43.8 Å². The van der Waals surface area contributed by atoms with Crippen LogP contribution >= 0.6 is 23.4 Å². The van der Waals surface area contributed by atoms with Crippen molar-refractivity contribution >= 4 is 51.6 Å². The molecule has 7 nitrogen and oxygen atoms in total. The van der Waals surface area contributed by atoms with Crippen LogP contribution in [-0.4, -0.2) is 62.1 Å². The van der Waals surface area contributed by atoms with Crippen LogP contribution in [-0.2, 0) is 17.5 Å². The molecule has 0 bridgehead atoms. The highest BCUT2D eigenvalue weighted by Crippen LogP contribution is 2.35. The maximum absolute atomic E-state index is 13.5. The number of nitrogens with zero attached hydrogens (tertiary/aromatic N) is 5. The fraction of sp³-hybridized carbons (Fsp3) is 0.333. The number of benzene rings is 2. The third kappa shape index (κ3) is 5.14. The van der Waals surface area contributed by atoms with E-state index < -0.39 is 11.7 Å². The molecule has 12 heteroatoms. The lowest BCUT2D eigenvalue weighted by Crippen LogP contribution is -2.36. The van der Waals surface area contributed by atoms with Gasteiger partial charge in [-0.25, -0.2) is 4.68 Å². The van der Waals surface area contributed by atoms with Crippen LogP contribution < -0.4 is 0 Å². The van der Waals surface area contributed by atoms with Gasteiger partial charge in [-0.3, -0.25) is 14.5 Å². The minimum absolute atomic E-state index is 0.000348. The highest BCUT2D eigenvalue weighted by molar-refractivity contribution is 8.18. The van der Waals surface area contributed by atoms with Gasteiger partial charge in [-0.1, -0.05) is 28.9 Å². The molecule has 0 radical (unpaired) electrons. The Labute approximate surface area is 213 Å². The number of halogens is 4. The lowest BCUT2D eigenvalue weighted by Gasteiger charge is -2.18. The molecule has 2 saturated heterocycles. The predicted molar refractivity (Wildman–Crippen MR) is 131 cm³/mol. The molecule has 0 N–H and O–H groups in total. The van der Waals surface area contributed by atoms with Gasteiger partial charge in [-0.2, -0.15) is 13.2 Å². The van der Waals surface area contributed by atoms with E-state index in [-0.39, 0.29) is 28.3 Å². The van der Waals surface area contributed by atoms with E-state index in [1.54, 1.807) is 24.3 Å². The Morgan fingerprint density at radius 2 is 1.83 bits per heavy atom. The molecular weight excluding hydrogens is 515 g/mol. The third-order valence-corrected chi connectivity index (χ3v) is 7.39. The van der Waals surface area contributed by atoms with Gasteiger partial charge in [0.2, 0.25) is 0 Å². The average molecular weight is 536 g/mol. The molecule has 2 fully saturated rings. The van der Waals surface area contributed by atoms with Crippen LogP contribution in [0.3, 0.4) is 0 Å². The standard InChI is InChI=1S/C24H21ClF3N5O2S/c25-17-5-4-16(18(13-17)24(26,27)28)14-33-20-6-3-15(11-19(20)29-30-33)12-21-22(34)32(23(35)36-21)10-9-31-7-1-2-8-31/h3-6,11-13H,1-2,7-10,14H2/b21-12-. The van der Waals surface area contributed by atoms with Crippen molar-refractivity contribution in [2.24, 2.45) is 0 Å². The van der Waals surface area contributed by atoms with E-state index in [1.807, 2.05) is 0 Å². The summed E-state index contributed by atoms with van der Waals surface area (Å²) in [6, 6.07) is 8.71. The van der Waals surface area contributed by atoms with Gasteiger partial charge in [0.05, 0.1) is 22.5 Å². The maximum Gasteiger partial charge on any atom is 0.416 e. The molecule has 1 aromatic heterocycles. The van der Waals surface area contributed by atoms with E-state index in [9.17, 15) is 22.8 Å². The van der Waals surface area contributed by atoms with Gasteiger partial charge in [0, 0.05) is 18.1 Å². The number of hydrogen-bond donors (Lipinski definition) is 0. The second-order valence-electron chi connectivity index (χ2n) is 8.68. The Hall–Kier alpha value is -2.89. The van der Waals surface area contributed by atoms with Crippen molar-refractivity contribution in [1.29, 1.82) is 0 Å². The monoisotopic (exact) mass is 535 g/mol. The van der Waals surface area contributed by atoms with Crippen molar-refractivity contribution in [3.8, 4) is 0 Å². The Morgan fingerprint density at radius 1 is 1.06 bits per heavy atom. The summed E-state index contributed by atoms with van der Waals surface area (Å²) >= 11 is 6.67. The largest absolute Gasteiger partial charge is 0.416 e.